The number of likely N-dealkylation sites (N-methyl/N-ethyl adjacent to an activating group) is 1. The summed E-state index contributed by atoms with van der Waals surface area (Å²) in [5.41, 5.74) is 2.19. The third-order valence-corrected chi connectivity index (χ3v) is 8.12. The predicted molar refractivity (Wildman–Crippen MR) is 155 cm³/mol. The Bertz CT molecular complexity index is 1500. The molecule has 3 aliphatic carbocycles. The van der Waals surface area contributed by atoms with Crippen LogP contribution < -0.4 is 16.0 Å². The van der Waals surface area contributed by atoms with Crippen molar-refractivity contribution in [3.05, 3.63) is 51.5 Å². The van der Waals surface area contributed by atoms with Crippen molar-refractivity contribution >= 4 is 35.1 Å². The van der Waals surface area contributed by atoms with Gasteiger partial charge in [-0.1, -0.05) is 0 Å². The van der Waals surface area contributed by atoms with E-state index in [4.69, 9.17) is 5.73 Å². The van der Waals surface area contributed by atoms with Gasteiger partial charge in [-0.2, -0.15) is 0 Å². The van der Waals surface area contributed by atoms with Crippen LogP contribution in [0.4, 0.5) is 5.69 Å². The number of ketones is 2. The van der Waals surface area contributed by atoms with Crippen LogP contribution in [0, 0.1) is 11.8 Å². The lowest BCUT2D eigenvalue weighted by Gasteiger charge is -2.50. The van der Waals surface area contributed by atoms with E-state index in [0.717, 1.165) is 0 Å². The van der Waals surface area contributed by atoms with E-state index in [0.29, 0.717) is 11.3 Å². The quantitative estimate of drug-likeness (QED) is 0.216. The Morgan fingerprint density at radius 2 is 1.74 bits per heavy atom. The van der Waals surface area contributed by atoms with Crippen molar-refractivity contribution in [2.24, 2.45) is 17.6 Å². The number of primary amides is 1. The van der Waals surface area contributed by atoms with Gasteiger partial charge < -0.3 is 36.4 Å². The molecule has 3 aliphatic rings. The van der Waals surface area contributed by atoms with E-state index in [1.165, 1.54) is 17.1 Å². The van der Waals surface area contributed by atoms with Gasteiger partial charge >= 0.3 is 0 Å². The minimum atomic E-state index is -2.72. The lowest BCUT2D eigenvalue weighted by atomic mass is 9.58. The van der Waals surface area contributed by atoms with Crippen LogP contribution >= 0.6 is 0 Å². The molecule has 4 atom stereocenters. The number of amides is 2. The monoisotopic (exact) mass is 582 g/mol. The van der Waals surface area contributed by atoms with Crippen molar-refractivity contribution in [1.29, 1.82) is 0 Å². The highest BCUT2D eigenvalue weighted by atomic mass is 16.3. The number of phenolic OH excluding ortho intramolecular Hbond substituents is 1. The summed E-state index contributed by atoms with van der Waals surface area (Å²) in [4.78, 5) is 55.3. The Balaban J connectivity index is 1.91. The first kappa shape index (κ1) is 30.8. The normalized spacial score (nSPS) is 25.9. The predicted octanol–water partition coefficient (Wildman–Crippen LogP) is 1.11. The van der Waals surface area contributed by atoms with Crippen LogP contribution in [0.3, 0.4) is 0 Å². The number of nitrogens with one attached hydrogen (secondary N) is 1. The smallest absolute Gasteiger partial charge is 0.255 e. The lowest BCUT2D eigenvalue weighted by Crippen LogP contribution is -2.63. The van der Waals surface area contributed by atoms with Gasteiger partial charge in [0.15, 0.2) is 11.4 Å². The van der Waals surface area contributed by atoms with Gasteiger partial charge in [-0.15, -0.1) is 0 Å². The molecule has 1 aromatic carbocycles. The average Bonchev–Trinajstić information content (AvgIpc) is 2.84. The Kier molecular flexibility index (Phi) is 7.54. The van der Waals surface area contributed by atoms with Crippen LogP contribution in [-0.4, -0.2) is 94.1 Å². The van der Waals surface area contributed by atoms with E-state index in [1.807, 2.05) is 20.8 Å². The van der Waals surface area contributed by atoms with Crippen LogP contribution in [0.15, 0.2) is 34.8 Å². The first-order chi connectivity index (χ1) is 19.3. The average molecular weight is 583 g/mol. The number of aromatic hydroxyl groups is 1. The Hall–Kier alpha value is -4.16. The number of rotatable bonds is 5. The number of aliphatic hydroxyl groups excluding tert-OH is 2. The van der Waals surface area contributed by atoms with Crippen LogP contribution in [0.25, 0.3) is 6.08 Å². The molecule has 0 radical (unpaired) electrons. The molecule has 12 nitrogen and oxygen atoms in total. The lowest BCUT2D eigenvalue weighted by molar-refractivity contribution is -0.148. The van der Waals surface area contributed by atoms with E-state index < -0.39 is 75.2 Å². The molecule has 42 heavy (non-hydrogen) atoms. The van der Waals surface area contributed by atoms with E-state index in [-0.39, 0.29) is 29.5 Å². The zero-order valence-electron chi connectivity index (χ0n) is 24.8. The minimum Gasteiger partial charge on any atom is -0.510 e. The highest BCUT2D eigenvalue weighted by Gasteiger charge is 2.63. The third kappa shape index (κ3) is 4.74. The van der Waals surface area contributed by atoms with Crippen molar-refractivity contribution < 1.29 is 39.6 Å². The number of allylic oxidation sites excluding steroid dienone is 1. The molecule has 0 aliphatic heterocycles. The molecule has 0 spiro atoms. The molecule has 0 fully saturated rings. The SMILES string of the molecule is CN(C)c1cc(/C=C/C(=O)NC(C)(C)C)c(O)c2c1C[C@H]1C[C@H]3[C@H](N(C)C)C(O)=C(C(N)=O)C(=O)[C@@]3(O)C(O)=C1C2=O. The molecule has 7 N–H and O–H groups in total. The molecule has 0 saturated heterocycles. The van der Waals surface area contributed by atoms with Crippen molar-refractivity contribution in [3.8, 4) is 5.75 Å². The van der Waals surface area contributed by atoms with Gasteiger partial charge in [0.05, 0.1) is 11.6 Å². The number of nitrogens with two attached hydrogens (primary N) is 1. The molecular formula is C30H38N4O8. The molecule has 2 amide bonds. The maximum atomic E-state index is 14.1. The van der Waals surface area contributed by atoms with Crippen LogP contribution in [0.2, 0.25) is 0 Å². The van der Waals surface area contributed by atoms with Gasteiger partial charge in [0.2, 0.25) is 11.7 Å². The van der Waals surface area contributed by atoms with Crippen molar-refractivity contribution in [2.75, 3.05) is 33.1 Å². The number of nitrogens with zero attached hydrogens (tertiary/aromatic N) is 2. The molecule has 0 heterocycles. The number of aliphatic hydroxyl groups is 3. The highest BCUT2D eigenvalue weighted by Crippen LogP contribution is 2.53. The summed E-state index contributed by atoms with van der Waals surface area (Å²) >= 11 is 0. The number of anilines is 1. The number of hydrogen-bond donors (Lipinski definition) is 6. The Morgan fingerprint density at radius 1 is 1.12 bits per heavy atom. The highest BCUT2D eigenvalue weighted by molar-refractivity contribution is 6.25. The maximum absolute atomic E-state index is 14.1. The number of Topliss-reactive ketones (excluding diaryl/α,β-unsaturated/α-hetero) is 2. The van der Waals surface area contributed by atoms with Gasteiger partial charge in [-0.05, 0) is 71.3 Å². The van der Waals surface area contributed by atoms with Gasteiger partial charge in [-0.3, -0.25) is 24.1 Å². The largest absolute Gasteiger partial charge is 0.510 e. The molecule has 0 aromatic heterocycles. The standard InChI is InChI=1S/C30H38N4O8/c1-29(2,3)32-18(35)9-8-13-12-17(33(4)5)15-10-14-11-16-22(34(6)7)25(38)21(28(31)41)27(40)30(16,42)26(39)19(14)24(37)20(15)23(13)36/h8-9,12,14,16,22,36,38-39,42H,10-11H2,1-7H3,(H2,31,41)(H,32,35)/b9-8+/t14-,16-,22-,30-/m0/s1. The second-order valence-electron chi connectivity index (χ2n) is 12.6. The Morgan fingerprint density at radius 3 is 2.26 bits per heavy atom. The minimum absolute atomic E-state index is 0.00593. The number of benzene rings is 1. The van der Waals surface area contributed by atoms with Crippen molar-refractivity contribution in [3.63, 3.8) is 0 Å². The zero-order valence-corrected chi connectivity index (χ0v) is 24.8. The summed E-state index contributed by atoms with van der Waals surface area (Å²) in [5, 5.41) is 48.2. The summed E-state index contributed by atoms with van der Waals surface area (Å²) in [6.07, 6.45) is 2.76. The third-order valence-electron chi connectivity index (χ3n) is 8.12. The fourth-order valence-corrected chi connectivity index (χ4v) is 6.42. The number of phenols is 1. The molecular weight excluding hydrogens is 544 g/mol. The molecule has 1 aromatic rings. The zero-order chi connectivity index (χ0) is 31.6. The Labute approximate surface area is 243 Å². The van der Waals surface area contributed by atoms with Crippen molar-refractivity contribution in [2.45, 2.75) is 50.8 Å². The molecule has 0 bridgehead atoms. The van der Waals surface area contributed by atoms with Gasteiger partial charge in [-0.25, -0.2) is 0 Å². The topological polar surface area (TPSA) is 194 Å². The van der Waals surface area contributed by atoms with E-state index in [1.54, 1.807) is 39.2 Å². The molecule has 226 valence electrons. The summed E-state index contributed by atoms with van der Waals surface area (Å²) < 4.78 is 0. The number of carbonyl (C=O) groups is 4. The molecule has 12 heteroatoms. The first-order valence-electron chi connectivity index (χ1n) is 13.5. The van der Waals surface area contributed by atoms with Crippen LogP contribution in [0.1, 0.15) is 48.7 Å². The first-order valence-corrected chi connectivity index (χ1v) is 13.5. The number of fused-ring (bicyclic) bond motifs is 3. The fourth-order valence-electron chi connectivity index (χ4n) is 6.42. The van der Waals surface area contributed by atoms with Crippen molar-refractivity contribution in [1.82, 2.24) is 10.2 Å². The fraction of sp³-hybridized carbons (Fsp3) is 0.467. The van der Waals surface area contributed by atoms with Crippen LogP contribution in [-0.2, 0) is 20.8 Å². The summed E-state index contributed by atoms with van der Waals surface area (Å²) in [7, 11) is 6.67. The second kappa shape index (κ2) is 10.3. The second-order valence-corrected chi connectivity index (χ2v) is 12.6. The van der Waals surface area contributed by atoms with E-state index >= 15 is 0 Å². The number of hydrogen-bond acceptors (Lipinski definition) is 10. The molecule has 0 unspecified atom stereocenters. The number of carbonyl (C=O) groups excluding carboxylic acids is 4. The van der Waals surface area contributed by atoms with Gasteiger partial charge in [0.25, 0.3) is 5.91 Å². The summed E-state index contributed by atoms with van der Waals surface area (Å²) in [6, 6.07) is 0.583. The maximum Gasteiger partial charge on any atom is 0.255 e. The van der Waals surface area contributed by atoms with E-state index in [9.17, 15) is 39.6 Å². The van der Waals surface area contributed by atoms with Crippen LogP contribution in [0.5, 0.6) is 5.75 Å². The molecule has 0 saturated carbocycles. The van der Waals surface area contributed by atoms with E-state index in [2.05, 4.69) is 5.32 Å². The van der Waals surface area contributed by atoms with Gasteiger partial charge in [0, 0.05) is 48.5 Å². The summed E-state index contributed by atoms with van der Waals surface area (Å²) in [5.74, 6) is -7.56. The molecule has 4 rings (SSSR count). The summed E-state index contributed by atoms with van der Waals surface area (Å²) in [6.45, 7) is 5.45. The van der Waals surface area contributed by atoms with Gasteiger partial charge in [0.1, 0.15) is 22.8 Å².